The Kier molecular flexibility index (Phi) is 6.75. The summed E-state index contributed by atoms with van der Waals surface area (Å²) in [4.78, 5) is 4.69. The number of aromatic nitrogens is 4. The number of aliphatic hydroxyl groups is 3. The number of furan rings is 1. The van der Waals surface area contributed by atoms with E-state index in [1.807, 2.05) is 61.5 Å². The van der Waals surface area contributed by atoms with E-state index in [1.54, 1.807) is 6.07 Å². The van der Waals surface area contributed by atoms with Crippen LogP contribution in [0.5, 0.6) is 5.88 Å². The SMILES string of the molecule is Cc1ccc(-c2cc(-c3ccc4ccccc4c3)nc(OCc3cn([C@@H]4OC[C@@H](O)[C@H](O)[C@H]4O)nn3)c2C#N)o1. The van der Waals surface area contributed by atoms with Crippen LogP contribution in [0.3, 0.4) is 0 Å². The molecule has 4 atom stereocenters. The molecule has 1 saturated heterocycles. The molecule has 4 heterocycles. The third kappa shape index (κ3) is 4.81. The lowest BCUT2D eigenvalue weighted by atomic mass is 10.0. The van der Waals surface area contributed by atoms with E-state index in [0.29, 0.717) is 28.5 Å². The van der Waals surface area contributed by atoms with Crippen LogP contribution in [-0.2, 0) is 11.3 Å². The van der Waals surface area contributed by atoms with Crippen molar-refractivity contribution in [2.75, 3.05) is 6.61 Å². The number of hydrogen-bond acceptors (Lipinski definition) is 10. The van der Waals surface area contributed by atoms with Gasteiger partial charge >= 0.3 is 0 Å². The first-order chi connectivity index (χ1) is 19.4. The predicted octanol–water partition coefficient (Wildman–Crippen LogP) is 3.12. The number of aliphatic hydroxyl groups excluding tert-OH is 3. The Bertz CT molecular complexity index is 1720. The fourth-order valence-electron chi connectivity index (χ4n) is 4.67. The van der Waals surface area contributed by atoms with Gasteiger partial charge in [0.25, 0.3) is 0 Å². The first-order valence-corrected chi connectivity index (χ1v) is 12.6. The van der Waals surface area contributed by atoms with Gasteiger partial charge in [-0.3, -0.25) is 0 Å². The summed E-state index contributed by atoms with van der Waals surface area (Å²) in [5.74, 6) is 1.31. The molecule has 0 saturated carbocycles. The number of rotatable bonds is 6. The lowest BCUT2D eigenvalue weighted by Crippen LogP contribution is -2.50. The minimum absolute atomic E-state index is 0.0898. The van der Waals surface area contributed by atoms with Crippen LogP contribution < -0.4 is 4.74 Å². The van der Waals surface area contributed by atoms with Gasteiger partial charge in [0.05, 0.1) is 18.5 Å². The summed E-state index contributed by atoms with van der Waals surface area (Å²) in [7, 11) is 0. The number of hydrogen-bond donors (Lipinski definition) is 3. The second-order valence-corrected chi connectivity index (χ2v) is 9.57. The van der Waals surface area contributed by atoms with Crippen LogP contribution in [0.25, 0.3) is 33.4 Å². The average molecular weight is 540 g/mol. The van der Waals surface area contributed by atoms with Crippen molar-refractivity contribution in [3.8, 4) is 34.5 Å². The minimum atomic E-state index is -1.40. The van der Waals surface area contributed by atoms with Crippen molar-refractivity contribution in [1.82, 2.24) is 20.0 Å². The number of nitrogens with zero attached hydrogens (tertiary/aromatic N) is 5. The number of benzene rings is 2. The molecule has 11 heteroatoms. The topological polar surface area (TPSA) is 160 Å². The maximum Gasteiger partial charge on any atom is 0.233 e. The van der Waals surface area contributed by atoms with Crippen LogP contribution in [-0.4, -0.2) is 60.2 Å². The normalized spacial score (nSPS) is 20.9. The minimum Gasteiger partial charge on any atom is -0.470 e. The van der Waals surface area contributed by atoms with Gasteiger partial charge in [-0.2, -0.15) is 5.26 Å². The Hall–Kier alpha value is -4.60. The van der Waals surface area contributed by atoms with E-state index in [4.69, 9.17) is 13.9 Å². The fourth-order valence-corrected chi connectivity index (χ4v) is 4.67. The molecule has 202 valence electrons. The lowest BCUT2D eigenvalue weighted by molar-refractivity contribution is -0.214. The predicted molar refractivity (Wildman–Crippen MR) is 142 cm³/mol. The quantitative estimate of drug-likeness (QED) is 0.292. The molecule has 1 aliphatic heterocycles. The summed E-state index contributed by atoms with van der Waals surface area (Å²) in [6.45, 7) is 1.57. The smallest absolute Gasteiger partial charge is 0.233 e. The van der Waals surface area contributed by atoms with E-state index >= 15 is 0 Å². The van der Waals surface area contributed by atoms with Gasteiger partial charge in [-0.1, -0.05) is 41.6 Å². The highest BCUT2D eigenvalue weighted by molar-refractivity contribution is 5.87. The Labute approximate surface area is 228 Å². The van der Waals surface area contributed by atoms with Crippen LogP contribution in [0, 0.1) is 18.3 Å². The average Bonchev–Trinajstić information content (AvgIpc) is 3.63. The second kappa shape index (κ2) is 10.5. The monoisotopic (exact) mass is 539 g/mol. The molecule has 40 heavy (non-hydrogen) atoms. The van der Waals surface area contributed by atoms with E-state index in [0.717, 1.165) is 16.3 Å². The van der Waals surface area contributed by atoms with Gasteiger partial charge in [0.1, 0.15) is 53.8 Å². The van der Waals surface area contributed by atoms with Crippen molar-refractivity contribution < 1.29 is 29.2 Å². The summed E-state index contributed by atoms with van der Waals surface area (Å²) in [5, 5.41) is 50.2. The Balaban J connectivity index is 1.34. The summed E-state index contributed by atoms with van der Waals surface area (Å²) < 4.78 is 18.5. The first kappa shape index (κ1) is 25.7. The highest BCUT2D eigenvalue weighted by atomic mass is 16.5. The molecule has 2 aromatic carbocycles. The second-order valence-electron chi connectivity index (χ2n) is 9.57. The van der Waals surface area contributed by atoms with Gasteiger partial charge in [0.15, 0.2) is 6.23 Å². The van der Waals surface area contributed by atoms with E-state index in [1.165, 1.54) is 10.9 Å². The maximum atomic E-state index is 10.3. The Morgan fingerprint density at radius 1 is 1.05 bits per heavy atom. The van der Waals surface area contributed by atoms with Crippen molar-refractivity contribution >= 4 is 10.8 Å². The number of nitriles is 1. The summed E-state index contributed by atoms with van der Waals surface area (Å²) in [5.41, 5.74) is 2.55. The van der Waals surface area contributed by atoms with Crippen LogP contribution in [0.4, 0.5) is 0 Å². The third-order valence-electron chi connectivity index (χ3n) is 6.80. The molecule has 1 fully saturated rings. The van der Waals surface area contributed by atoms with Gasteiger partial charge in [0.2, 0.25) is 5.88 Å². The molecule has 0 bridgehead atoms. The van der Waals surface area contributed by atoms with Gasteiger partial charge < -0.3 is 29.2 Å². The van der Waals surface area contributed by atoms with Crippen LogP contribution in [0.15, 0.2) is 71.3 Å². The molecule has 1 aliphatic rings. The number of ether oxygens (including phenoxy) is 2. The van der Waals surface area contributed by atoms with E-state index < -0.39 is 24.5 Å². The van der Waals surface area contributed by atoms with Gasteiger partial charge in [-0.25, -0.2) is 9.67 Å². The third-order valence-corrected chi connectivity index (χ3v) is 6.80. The summed E-state index contributed by atoms with van der Waals surface area (Å²) >= 11 is 0. The maximum absolute atomic E-state index is 10.3. The van der Waals surface area contributed by atoms with E-state index in [2.05, 4.69) is 21.4 Å². The molecular weight excluding hydrogens is 514 g/mol. The highest BCUT2D eigenvalue weighted by Gasteiger charge is 2.39. The zero-order valence-electron chi connectivity index (χ0n) is 21.4. The van der Waals surface area contributed by atoms with Crippen molar-refractivity contribution in [3.05, 3.63) is 83.9 Å². The van der Waals surface area contributed by atoms with Crippen molar-refractivity contribution in [2.24, 2.45) is 0 Å². The highest BCUT2D eigenvalue weighted by Crippen LogP contribution is 2.35. The van der Waals surface area contributed by atoms with Gasteiger partial charge in [-0.05, 0) is 42.0 Å². The molecule has 0 unspecified atom stereocenters. The van der Waals surface area contributed by atoms with Crippen molar-refractivity contribution in [3.63, 3.8) is 0 Å². The van der Waals surface area contributed by atoms with Crippen LogP contribution >= 0.6 is 0 Å². The molecule has 11 nitrogen and oxygen atoms in total. The first-order valence-electron chi connectivity index (χ1n) is 12.6. The molecular formula is C29H25N5O6. The largest absolute Gasteiger partial charge is 0.470 e. The molecule has 3 aromatic heterocycles. The number of aryl methyl sites for hydroxylation is 1. The van der Waals surface area contributed by atoms with Gasteiger partial charge in [-0.15, -0.1) is 5.10 Å². The van der Waals surface area contributed by atoms with E-state index in [-0.39, 0.29) is 24.7 Å². The zero-order valence-corrected chi connectivity index (χ0v) is 21.4. The molecule has 5 aromatic rings. The molecule has 0 aliphatic carbocycles. The number of pyridine rings is 1. The Morgan fingerprint density at radius 3 is 2.65 bits per heavy atom. The zero-order chi connectivity index (χ0) is 27.8. The molecule has 6 rings (SSSR count). The summed E-state index contributed by atoms with van der Waals surface area (Å²) in [6.07, 6.45) is -3.52. The van der Waals surface area contributed by atoms with Crippen molar-refractivity contribution in [1.29, 1.82) is 5.26 Å². The standard InChI is InChI=1S/C29H25N5O6/c1-16-6-9-25(40-16)21-11-23(19-8-7-17-4-2-3-5-18(17)10-19)31-28(22(21)12-30)38-14-20-13-34(33-32-20)29-27(37)26(36)24(35)15-39-29/h2-11,13,24,26-27,29,35-37H,14-15H2,1H3/t24-,26+,27-,29-/m1/s1. The summed E-state index contributed by atoms with van der Waals surface area (Å²) in [6, 6.07) is 21.6. The molecule has 0 radical (unpaired) electrons. The molecule has 3 N–H and O–H groups in total. The van der Waals surface area contributed by atoms with Gasteiger partial charge in [0, 0.05) is 11.1 Å². The van der Waals surface area contributed by atoms with Crippen molar-refractivity contribution in [2.45, 2.75) is 38.1 Å². The molecule has 0 spiro atoms. The fraction of sp³-hybridized carbons (Fsp3) is 0.241. The molecule has 0 amide bonds. The van der Waals surface area contributed by atoms with E-state index in [9.17, 15) is 20.6 Å². The van der Waals surface area contributed by atoms with Crippen LogP contribution in [0.2, 0.25) is 0 Å². The number of fused-ring (bicyclic) bond motifs is 1. The Morgan fingerprint density at radius 2 is 1.88 bits per heavy atom. The lowest BCUT2D eigenvalue weighted by Gasteiger charge is -2.34. The van der Waals surface area contributed by atoms with Crippen LogP contribution in [0.1, 0.15) is 23.2 Å².